The predicted octanol–water partition coefficient (Wildman–Crippen LogP) is 3.85. The molecule has 1 heterocycles. The molecule has 8 nitrogen and oxygen atoms in total. The van der Waals surface area contributed by atoms with Gasteiger partial charge >= 0.3 is 0 Å². The molecule has 1 fully saturated rings. The van der Waals surface area contributed by atoms with Gasteiger partial charge in [-0.25, -0.2) is 0 Å². The van der Waals surface area contributed by atoms with E-state index in [9.17, 15) is 14.4 Å². The molecule has 9 heteroatoms. The summed E-state index contributed by atoms with van der Waals surface area (Å²) in [6, 6.07) is 12.9. The zero-order chi connectivity index (χ0) is 28.6. The highest BCUT2D eigenvalue weighted by atomic mass is 35.5. The van der Waals surface area contributed by atoms with Gasteiger partial charge < -0.3 is 25.6 Å². The molecule has 0 aliphatic carbocycles. The van der Waals surface area contributed by atoms with Crippen molar-refractivity contribution in [2.45, 2.75) is 78.0 Å². The number of methoxy groups -OCH3 is 1. The number of nitrogens with one attached hydrogen (secondary N) is 3. The first-order valence-electron chi connectivity index (χ1n) is 14.0. The summed E-state index contributed by atoms with van der Waals surface area (Å²) >= 11 is 0. The van der Waals surface area contributed by atoms with Crippen molar-refractivity contribution in [2.75, 3.05) is 33.3 Å². The van der Waals surface area contributed by atoms with E-state index in [1.165, 1.54) is 0 Å². The molecule has 0 aromatic heterocycles. The van der Waals surface area contributed by atoms with Crippen LogP contribution in [0.2, 0.25) is 0 Å². The Hall–Kier alpha value is -2.68. The van der Waals surface area contributed by atoms with Crippen molar-refractivity contribution in [2.24, 2.45) is 5.41 Å². The van der Waals surface area contributed by atoms with E-state index < -0.39 is 17.5 Å². The van der Waals surface area contributed by atoms with Crippen molar-refractivity contribution in [3.8, 4) is 0 Å². The standard InChI is InChI=1S/C31H46N4O4.ClH/c1-30(2,3)29(38)35-18-9-13-26(35)28(37)34-25(20-22-14-15-23-11-7-8-12-24(23)19-22)27(36)33-17-10-16-32-21-31(4,5)39-6;/h7-8,11-12,14-15,19,25-26,32H,9-10,13,16-18,20-21H2,1-6H3,(H,33,36)(H,34,37);1H/t25-,26?;/m1./s1. The van der Waals surface area contributed by atoms with Gasteiger partial charge in [0.1, 0.15) is 12.1 Å². The second-order valence-electron chi connectivity index (χ2n) is 12.1. The normalized spacial score (nSPS) is 16.4. The van der Waals surface area contributed by atoms with E-state index in [-0.39, 0.29) is 35.7 Å². The lowest BCUT2D eigenvalue weighted by atomic mass is 9.94. The van der Waals surface area contributed by atoms with Crippen LogP contribution in [0.4, 0.5) is 0 Å². The van der Waals surface area contributed by atoms with Gasteiger partial charge in [0.25, 0.3) is 0 Å². The third-order valence-electron chi connectivity index (χ3n) is 7.28. The Labute approximate surface area is 245 Å². The molecule has 40 heavy (non-hydrogen) atoms. The molecule has 3 amide bonds. The number of ether oxygens (including phenoxy) is 1. The molecular formula is C31H47ClN4O4. The highest BCUT2D eigenvalue weighted by molar-refractivity contribution is 5.93. The summed E-state index contributed by atoms with van der Waals surface area (Å²) in [5.74, 6) is -0.533. The van der Waals surface area contributed by atoms with E-state index in [0.29, 0.717) is 32.5 Å². The summed E-state index contributed by atoms with van der Waals surface area (Å²) < 4.78 is 5.42. The van der Waals surface area contributed by atoms with E-state index in [4.69, 9.17) is 4.74 Å². The average Bonchev–Trinajstić information content (AvgIpc) is 3.39. The zero-order valence-electron chi connectivity index (χ0n) is 24.8. The molecule has 1 saturated heterocycles. The van der Waals surface area contributed by atoms with Crippen LogP contribution in [-0.4, -0.2) is 73.6 Å². The van der Waals surface area contributed by atoms with Gasteiger partial charge in [0.15, 0.2) is 0 Å². The molecule has 3 N–H and O–H groups in total. The summed E-state index contributed by atoms with van der Waals surface area (Å²) in [7, 11) is 1.69. The highest BCUT2D eigenvalue weighted by Crippen LogP contribution is 2.26. The van der Waals surface area contributed by atoms with Crippen molar-refractivity contribution in [1.82, 2.24) is 20.9 Å². The van der Waals surface area contributed by atoms with Crippen LogP contribution in [0.25, 0.3) is 10.8 Å². The third kappa shape index (κ3) is 9.46. The maximum atomic E-state index is 13.4. The van der Waals surface area contributed by atoms with Gasteiger partial charge in [-0.2, -0.15) is 0 Å². The second kappa shape index (κ2) is 14.8. The van der Waals surface area contributed by atoms with Crippen LogP contribution in [0, 0.1) is 5.41 Å². The fraction of sp³-hybridized carbons (Fsp3) is 0.581. The Morgan fingerprint density at radius 2 is 1.73 bits per heavy atom. The lowest BCUT2D eigenvalue weighted by molar-refractivity contribution is -0.145. The first kappa shape index (κ1) is 33.5. The Morgan fingerprint density at radius 1 is 1.02 bits per heavy atom. The topological polar surface area (TPSA) is 99.8 Å². The molecule has 2 atom stereocenters. The van der Waals surface area contributed by atoms with E-state index in [2.05, 4.69) is 22.0 Å². The molecule has 1 unspecified atom stereocenters. The number of hydrogen-bond acceptors (Lipinski definition) is 5. The number of carbonyl (C=O) groups excluding carboxylic acids is 3. The molecule has 0 spiro atoms. The zero-order valence-corrected chi connectivity index (χ0v) is 25.7. The SMILES string of the molecule is COC(C)(C)CNCCCNC(=O)[C@@H](Cc1ccc2ccccc2c1)NC(=O)C1CCCN1C(=O)C(C)(C)C.Cl. The molecular weight excluding hydrogens is 528 g/mol. The number of likely N-dealkylation sites (tertiary alicyclic amines) is 1. The molecule has 0 bridgehead atoms. The van der Waals surface area contributed by atoms with E-state index >= 15 is 0 Å². The van der Waals surface area contributed by atoms with Crippen molar-refractivity contribution in [3.05, 3.63) is 48.0 Å². The smallest absolute Gasteiger partial charge is 0.243 e. The Kier molecular flexibility index (Phi) is 12.4. The Balaban J connectivity index is 0.00000560. The summed E-state index contributed by atoms with van der Waals surface area (Å²) in [4.78, 5) is 41.4. The minimum Gasteiger partial charge on any atom is -0.377 e. The summed E-state index contributed by atoms with van der Waals surface area (Å²) in [5.41, 5.74) is 0.143. The minimum absolute atomic E-state index is 0. The van der Waals surface area contributed by atoms with Gasteiger partial charge in [0.2, 0.25) is 17.7 Å². The van der Waals surface area contributed by atoms with Crippen LogP contribution in [0.1, 0.15) is 59.4 Å². The van der Waals surface area contributed by atoms with Gasteiger partial charge in [-0.05, 0) is 56.0 Å². The quantitative estimate of drug-likeness (QED) is 0.334. The lowest BCUT2D eigenvalue weighted by Crippen LogP contribution is -2.55. The number of nitrogens with zero attached hydrogens (tertiary/aromatic N) is 1. The van der Waals surface area contributed by atoms with Crippen LogP contribution >= 0.6 is 12.4 Å². The van der Waals surface area contributed by atoms with Gasteiger partial charge in [-0.15, -0.1) is 12.4 Å². The Bertz CT molecular complexity index is 1150. The van der Waals surface area contributed by atoms with Crippen LogP contribution < -0.4 is 16.0 Å². The number of benzene rings is 2. The molecule has 0 saturated carbocycles. The fourth-order valence-corrected chi connectivity index (χ4v) is 4.80. The number of halogens is 1. The number of fused-ring (bicyclic) bond motifs is 1. The van der Waals surface area contributed by atoms with Crippen molar-refractivity contribution in [3.63, 3.8) is 0 Å². The summed E-state index contributed by atoms with van der Waals surface area (Å²) in [6.07, 6.45) is 2.48. The van der Waals surface area contributed by atoms with Crippen LogP contribution in [-0.2, 0) is 25.5 Å². The third-order valence-corrected chi connectivity index (χ3v) is 7.28. The van der Waals surface area contributed by atoms with E-state index in [1.807, 2.05) is 71.0 Å². The molecule has 222 valence electrons. The average molecular weight is 575 g/mol. The van der Waals surface area contributed by atoms with Crippen LogP contribution in [0.15, 0.2) is 42.5 Å². The van der Waals surface area contributed by atoms with Gasteiger partial charge in [-0.3, -0.25) is 14.4 Å². The second-order valence-corrected chi connectivity index (χ2v) is 12.1. The fourth-order valence-electron chi connectivity index (χ4n) is 4.80. The first-order chi connectivity index (χ1) is 18.4. The predicted molar refractivity (Wildman–Crippen MR) is 163 cm³/mol. The van der Waals surface area contributed by atoms with Crippen molar-refractivity contribution < 1.29 is 19.1 Å². The first-order valence-corrected chi connectivity index (χ1v) is 14.0. The van der Waals surface area contributed by atoms with E-state index in [1.54, 1.807) is 12.0 Å². The molecule has 3 rings (SSSR count). The van der Waals surface area contributed by atoms with Gasteiger partial charge in [0.05, 0.1) is 5.60 Å². The minimum atomic E-state index is -0.744. The number of rotatable bonds is 12. The number of amides is 3. The molecule has 1 aliphatic rings. The molecule has 2 aromatic carbocycles. The summed E-state index contributed by atoms with van der Waals surface area (Å²) in [6.45, 7) is 12.1. The largest absolute Gasteiger partial charge is 0.377 e. The van der Waals surface area contributed by atoms with E-state index in [0.717, 1.165) is 35.7 Å². The Morgan fingerprint density at radius 3 is 2.40 bits per heavy atom. The monoisotopic (exact) mass is 574 g/mol. The van der Waals surface area contributed by atoms with Crippen LogP contribution in [0.5, 0.6) is 0 Å². The molecule has 2 aromatic rings. The van der Waals surface area contributed by atoms with Crippen molar-refractivity contribution in [1.29, 1.82) is 0 Å². The van der Waals surface area contributed by atoms with Gasteiger partial charge in [0, 0.05) is 38.6 Å². The summed E-state index contributed by atoms with van der Waals surface area (Å²) in [5, 5.41) is 11.6. The molecule has 1 aliphatic heterocycles. The maximum absolute atomic E-state index is 13.4. The maximum Gasteiger partial charge on any atom is 0.243 e. The van der Waals surface area contributed by atoms with Gasteiger partial charge in [-0.1, -0.05) is 63.2 Å². The lowest BCUT2D eigenvalue weighted by Gasteiger charge is -2.31. The number of hydrogen-bond donors (Lipinski definition) is 3. The highest BCUT2D eigenvalue weighted by Gasteiger charge is 2.39. The number of carbonyl (C=O) groups is 3. The van der Waals surface area contributed by atoms with Crippen LogP contribution in [0.3, 0.4) is 0 Å². The molecule has 0 radical (unpaired) electrons. The van der Waals surface area contributed by atoms with Crippen molar-refractivity contribution >= 4 is 40.9 Å².